The summed E-state index contributed by atoms with van der Waals surface area (Å²) in [5.74, 6) is 0. The van der Waals surface area contributed by atoms with Crippen LogP contribution in [0.3, 0.4) is 0 Å². The Bertz CT molecular complexity index is 573. The van der Waals surface area contributed by atoms with E-state index in [0.29, 0.717) is 6.04 Å². The van der Waals surface area contributed by atoms with Crippen molar-refractivity contribution >= 4 is 22.3 Å². The van der Waals surface area contributed by atoms with Crippen molar-refractivity contribution in [2.75, 3.05) is 17.2 Å². The Hall–Kier alpha value is -1.77. The highest BCUT2D eigenvalue weighted by molar-refractivity contribution is 5.93. The van der Waals surface area contributed by atoms with Crippen LogP contribution in [0.2, 0.25) is 0 Å². The topological polar surface area (TPSA) is 42.2 Å². The summed E-state index contributed by atoms with van der Waals surface area (Å²) >= 11 is 0. The molecule has 0 spiro atoms. The van der Waals surface area contributed by atoms with Crippen molar-refractivity contribution in [1.82, 2.24) is 4.98 Å². The number of fused-ring (bicyclic) bond motifs is 1. The molecule has 0 unspecified atom stereocenters. The number of aromatic nitrogens is 1. The van der Waals surface area contributed by atoms with Gasteiger partial charge in [-0.1, -0.05) is 12.8 Å². The third kappa shape index (κ3) is 2.25. The van der Waals surface area contributed by atoms with Crippen LogP contribution < -0.4 is 10.6 Å². The Morgan fingerprint density at radius 1 is 1.26 bits per heavy atom. The Morgan fingerprint density at radius 3 is 2.79 bits per heavy atom. The summed E-state index contributed by atoms with van der Waals surface area (Å²) < 4.78 is 0. The summed E-state index contributed by atoms with van der Waals surface area (Å²) in [6, 6.07) is 8.86. The average Bonchev–Trinajstić information content (AvgIpc) is 2.93. The highest BCUT2D eigenvalue weighted by atomic mass is 15.2. The molecule has 2 aromatic rings. The van der Waals surface area contributed by atoms with Crippen LogP contribution in [0.15, 0.2) is 30.5 Å². The van der Waals surface area contributed by atoms with E-state index in [9.17, 15) is 0 Å². The third-order valence-electron chi connectivity index (χ3n) is 4.16. The van der Waals surface area contributed by atoms with E-state index in [-0.39, 0.29) is 0 Å². The van der Waals surface area contributed by atoms with Crippen LogP contribution >= 0.6 is 0 Å². The third-order valence-corrected chi connectivity index (χ3v) is 4.16. The quantitative estimate of drug-likeness (QED) is 0.852. The Morgan fingerprint density at radius 2 is 2.05 bits per heavy atom. The van der Waals surface area contributed by atoms with Crippen LogP contribution in [-0.4, -0.2) is 17.6 Å². The van der Waals surface area contributed by atoms with Gasteiger partial charge in [-0.3, -0.25) is 4.98 Å². The summed E-state index contributed by atoms with van der Waals surface area (Å²) in [5.41, 5.74) is 8.93. The molecule has 0 radical (unpaired) electrons. The number of nitrogen functional groups attached to an aromatic ring is 1. The summed E-state index contributed by atoms with van der Waals surface area (Å²) in [6.45, 7) is 3.29. The minimum absolute atomic E-state index is 0.688. The van der Waals surface area contributed by atoms with Crippen LogP contribution in [0.25, 0.3) is 10.9 Å². The number of hydrogen-bond acceptors (Lipinski definition) is 3. The van der Waals surface area contributed by atoms with E-state index >= 15 is 0 Å². The molecule has 2 N–H and O–H groups in total. The van der Waals surface area contributed by atoms with Crippen molar-refractivity contribution in [1.29, 1.82) is 0 Å². The second-order valence-electron chi connectivity index (χ2n) is 5.33. The van der Waals surface area contributed by atoms with Crippen molar-refractivity contribution in [3.8, 4) is 0 Å². The molecule has 0 bridgehead atoms. The van der Waals surface area contributed by atoms with E-state index in [1.54, 1.807) is 0 Å². The molecule has 1 aromatic carbocycles. The molecule has 0 aliphatic heterocycles. The second kappa shape index (κ2) is 5.08. The van der Waals surface area contributed by atoms with Gasteiger partial charge in [-0.15, -0.1) is 0 Å². The van der Waals surface area contributed by atoms with Gasteiger partial charge in [0.25, 0.3) is 0 Å². The van der Waals surface area contributed by atoms with Crippen LogP contribution in [0.4, 0.5) is 11.4 Å². The van der Waals surface area contributed by atoms with E-state index in [4.69, 9.17) is 5.73 Å². The summed E-state index contributed by atoms with van der Waals surface area (Å²) in [7, 11) is 0. The minimum atomic E-state index is 0.688. The SMILES string of the molecule is CCN(c1ccnc2cc(N)ccc12)C1CCCC1. The maximum atomic E-state index is 5.85. The second-order valence-corrected chi connectivity index (χ2v) is 5.33. The van der Waals surface area contributed by atoms with Crippen LogP contribution in [0.5, 0.6) is 0 Å². The molecule has 1 fully saturated rings. The van der Waals surface area contributed by atoms with Crippen LogP contribution in [-0.2, 0) is 0 Å². The average molecular weight is 255 g/mol. The standard InChI is InChI=1S/C16H21N3/c1-2-19(13-5-3-4-6-13)16-9-10-18-15-11-12(17)7-8-14(15)16/h7-11,13H,2-6,17H2,1H3. The first-order valence-corrected chi connectivity index (χ1v) is 7.20. The fourth-order valence-electron chi connectivity index (χ4n) is 3.24. The van der Waals surface area contributed by atoms with Gasteiger partial charge in [0.2, 0.25) is 0 Å². The first-order valence-electron chi connectivity index (χ1n) is 7.20. The van der Waals surface area contributed by atoms with Crippen LogP contribution in [0.1, 0.15) is 32.6 Å². The molecule has 1 aliphatic carbocycles. The van der Waals surface area contributed by atoms with E-state index in [0.717, 1.165) is 17.7 Å². The molecule has 1 heterocycles. The van der Waals surface area contributed by atoms with Gasteiger partial charge in [-0.2, -0.15) is 0 Å². The van der Waals surface area contributed by atoms with Gasteiger partial charge in [-0.25, -0.2) is 0 Å². The molecular formula is C16H21N3. The summed E-state index contributed by atoms with van der Waals surface area (Å²) in [6.07, 6.45) is 7.24. The predicted molar refractivity (Wildman–Crippen MR) is 81.4 cm³/mol. The maximum Gasteiger partial charge on any atom is 0.0743 e. The summed E-state index contributed by atoms with van der Waals surface area (Å²) in [4.78, 5) is 6.97. The lowest BCUT2D eigenvalue weighted by Crippen LogP contribution is -2.33. The summed E-state index contributed by atoms with van der Waals surface area (Å²) in [5, 5.41) is 1.21. The lowest BCUT2D eigenvalue weighted by molar-refractivity contribution is 0.621. The van der Waals surface area contributed by atoms with Crippen molar-refractivity contribution in [2.45, 2.75) is 38.6 Å². The number of benzene rings is 1. The molecule has 1 aliphatic rings. The molecule has 0 amide bonds. The number of anilines is 2. The fraction of sp³-hybridized carbons (Fsp3) is 0.438. The zero-order valence-corrected chi connectivity index (χ0v) is 11.5. The highest BCUT2D eigenvalue weighted by Crippen LogP contribution is 2.32. The van der Waals surface area contributed by atoms with E-state index in [1.165, 1.54) is 36.8 Å². The van der Waals surface area contributed by atoms with Gasteiger partial charge in [-0.05, 0) is 44.0 Å². The molecule has 3 nitrogen and oxygen atoms in total. The van der Waals surface area contributed by atoms with E-state index < -0.39 is 0 Å². The largest absolute Gasteiger partial charge is 0.399 e. The van der Waals surface area contributed by atoms with Gasteiger partial charge in [0.05, 0.1) is 5.52 Å². The Labute approximate surface area is 114 Å². The van der Waals surface area contributed by atoms with Gasteiger partial charge in [0.15, 0.2) is 0 Å². The number of rotatable bonds is 3. The Balaban J connectivity index is 2.07. The van der Waals surface area contributed by atoms with E-state index in [1.807, 2.05) is 18.3 Å². The molecule has 1 aromatic heterocycles. The van der Waals surface area contributed by atoms with Gasteiger partial charge < -0.3 is 10.6 Å². The van der Waals surface area contributed by atoms with Crippen molar-refractivity contribution < 1.29 is 0 Å². The van der Waals surface area contributed by atoms with Gasteiger partial charge >= 0.3 is 0 Å². The number of nitrogens with two attached hydrogens (primary N) is 1. The number of hydrogen-bond donors (Lipinski definition) is 1. The van der Waals surface area contributed by atoms with Crippen molar-refractivity contribution in [3.63, 3.8) is 0 Å². The first kappa shape index (κ1) is 12.3. The smallest absolute Gasteiger partial charge is 0.0743 e. The molecule has 19 heavy (non-hydrogen) atoms. The lowest BCUT2D eigenvalue weighted by atomic mass is 10.1. The lowest BCUT2D eigenvalue weighted by Gasteiger charge is -2.30. The normalized spacial score (nSPS) is 16.1. The van der Waals surface area contributed by atoms with Gasteiger partial charge in [0.1, 0.15) is 0 Å². The molecule has 3 heteroatoms. The molecule has 0 saturated heterocycles. The van der Waals surface area contributed by atoms with Crippen LogP contribution in [0, 0.1) is 0 Å². The highest BCUT2D eigenvalue weighted by Gasteiger charge is 2.22. The molecule has 1 saturated carbocycles. The zero-order chi connectivity index (χ0) is 13.2. The monoisotopic (exact) mass is 255 g/mol. The molecule has 0 atom stereocenters. The zero-order valence-electron chi connectivity index (χ0n) is 11.5. The predicted octanol–water partition coefficient (Wildman–Crippen LogP) is 3.59. The minimum Gasteiger partial charge on any atom is -0.399 e. The molecule has 100 valence electrons. The maximum absolute atomic E-state index is 5.85. The van der Waals surface area contributed by atoms with Crippen molar-refractivity contribution in [3.05, 3.63) is 30.5 Å². The van der Waals surface area contributed by atoms with E-state index in [2.05, 4.69) is 28.9 Å². The van der Waals surface area contributed by atoms with Gasteiger partial charge in [0, 0.05) is 35.5 Å². The number of nitrogens with zero attached hydrogens (tertiary/aromatic N) is 2. The van der Waals surface area contributed by atoms with Crippen molar-refractivity contribution in [2.24, 2.45) is 0 Å². The fourth-order valence-corrected chi connectivity index (χ4v) is 3.24. The molecular weight excluding hydrogens is 234 g/mol. The Kier molecular flexibility index (Phi) is 3.28. The molecule has 3 rings (SSSR count). The first-order chi connectivity index (χ1) is 9.29. The number of pyridine rings is 1.